The number of halogens is 1. The molecule has 17 heavy (non-hydrogen) atoms. The van der Waals surface area contributed by atoms with Gasteiger partial charge in [0, 0.05) is 12.2 Å². The average Bonchev–Trinajstić information content (AvgIpc) is 2.37. The van der Waals surface area contributed by atoms with Gasteiger partial charge in [-0.15, -0.1) is 0 Å². The Labute approximate surface area is 113 Å². The van der Waals surface area contributed by atoms with Gasteiger partial charge in [-0.25, -0.2) is 4.98 Å². The third kappa shape index (κ3) is 2.49. The molecule has 88 valence electrons. The average molecular weight is 341 g/mol. The zero-order chi connectivity index (χ0) is 12.3. The van der Waals surface area contributed by atoms with Crippen LogP contribution in [0.15, 0.2) is 41.5 Å². The fourth-order valence-corrected chi connectivity index (χ4v) is 2.21. The van der Waals surface area contributed by atoms with Gasteiger partial charge in [-0.2, -0.15) is 0 Å². The van der Waals surface area contributed by atoms with Crippen LogP contribution in [0.2, 0.25) is 0 Å². The van der Waals surface area contributed by atoms with Crippen LogP contribution in [0.4, 0.5) is 11.5 Å². The Morgan fingerprint density at radius 2 is 2.06 bits per heavy atom. The largest absolute Gasteiger partial charge is 0.326 e. The summed E-state index contributed by atoms with van der Waals surface area (Å²) in [6.45, 7) is 2.79. The van der Waals surface area contributed by atoms with E-state index in [0.717, 1.165) is 12.2 Å². The van der Waals surface area contributed by atoms with Crippen LogP contribution in [0.3, 0.4) is 0 Å². The van der Waals surface area contributed by atoms with Crippen molar-refractivity contribution >= 4 is 34.1 Å². The Kier molecular flexibility index (Phi) is 3.78. The maximum atomic E-state index is 11.6. The molecule has 0 spiro atoms. The van der Waals surface area contributed by atoms with E-state index in [1.807, 2.05) is 64.7 Å². The number of benzene rings is 1. The summed E-state index contributed by atoms with van der Waals surface area (Å²) in [6.07, 6.45) is 1.44. The minimum atomic E-state index is -0.106. The third-order valence-corrected chi connectivity index (χ3v) is 3.39. The topological polar surface area (TPSA) is 49.0 Å². The lowest BCUT2D eigenvalue weighted by atomic mass is 10.3. The smallest absolute Gasteiger partial charge is 0.266 e. The van der Waals surface area contributed by atoms with Crippen molar-refractivity contribution in [3.8, 4) is 0 Å². The summed E-state index contributed by atoms with van der Waals surface area (Å²) < 4.78 is 0.607. The molecule has 0 aliphatic heterocycles. The van der Waals surface area contributed by atoms with Gasteiger partial charge in [-0.05, 0) is 41.6 Å². The lowest BCUT2D eigenvalue weighted by Crippen LogP contribution is -2.23. The first-order valence-electron chi connectivity index (χ1n) is 5.29. The van der Waals surface area contributed by atoms with E-state index in [2.05, 4.69) is 9.97 Å². The second-order valence-electron chi connectivity index (χ2n) is 3.45. The Morgan fingerprint density at radius 1 is 1.35 bits per heavy atom. The lowest BCUT2D eigenvalue weighted by molar-refractivity contribution is 0.957. The van der Waals surface area contributed by atoms with Gasteiger partial charge in [0.15, 0.2) is 5.82 Å². The molecule has 5 heteroatoms. The van der Waals surface area contributed by atoms with Crippen molar-refractivity contribution < 1.29 is 0 Å². The van der Waals surface area contributed by atoms with Crippen LogP contribution in [-0.2, 0) is 0 Å². The van der Waals surface area contributed by atoms with Gasteiger partial charge in [0.25, 0.3) is 5.56 Å². The van der Waals surface area contributed by atoms with Crippen molar-refractivity contribution in [2.75, 3.05) is 11.4 Å². The third-order valence-electron chi connectivity index (χ3n) is 2.42. The first-order chi connectivity index (χ1) is 8.24. The standard InChI is InChI=1S/C12H12IN3O/c1-2-16(9-6-4-3-5-7-9)11-10(13)12(17)15-8-14-11/h3-8H,2H2,1H3,(H,14,15,17). The molecule has 0 bridgehead atoms. The summed E-state index contributed by atoms with van der Waals surface area (Å²) in [5.41, 5.74) is 0.927. The van der Waals surface area contributed by atoms with E-state index in [1.165, 1.54) is 6.33 Å². The molecule has 2 rings (SSSR count). The number of aromatic nitrogens is 2. The molecular weight excluding hydrogens is 329 g/mol. The normalized spacial score (nSPS) is 10.2. The highest BCUT2D eigenvalue weighted by Gasteiger charge is 2.13. The number of hydrogen-bond acceptors (Lipinski definition) is 3. The van der Waals surface area contributed by atoms with Gasteiger partial charge in [-0.3, -0.25) is 4.79 Å². The molecule has 0 saturated carbocycles. The van der Waals surface area contributed by atoms with Crippen LogP contribution in [0.1, 0.15) is 6.92 Å². The summed E-state index contributed by atoms with van der Waals surface area (Å²) >= 11 is 2.02. The van der Waals surface area contributed by atoms with Crippen molar-refractivity contribution in [1.82, 2.24) is 9.97 Å². The maximum absolute atomic E-state index is 11.6. The summed E-state index contributed by atoms with van der Waals surface area (Å²) in [6, 6.07) is 9.91. The van der Waals surface area contributed by atoms with Gasteiger partial charge >= 0.3 is 0 Å². The highest BCUT2D eigenvalue weighted by atomic mass is 127. The number of hydrogen-bond donors (Lipinski definition) is 1. The summed E-state index contributed by atoms with van der Waals surface area (Å²) in [5.74, 6) is 0.697. The van der Waals surface area contributed by atoms with E-state index in [9.17, 15) is 4.79 Å². The molecule has 1 aromatic heterocycles. The highest BCUT2D eigenvalue weighted by Crippen LogP contribution is 2.24. The fourth-order valence-electron chi connectivity index (χ4n) is 1.62. The molecule has 1 N–H and O–H groups in total. The number of nitrogens with one attached hydrogen (secondary N) is 1. The van der Waals surface area contributed by atoms with Crippen molar-refractivity contribution in [2.45, 2.75) is 6.92 Å². The number of anilines is 2. The summed E-state index contributed by atoms with van der Waals surface area (Å²) in [4.78, 5) is 20.4. The van der Waals surface area contributed by atoms with Gasteiger partial charge in [0.2, 0.25) is 0 Å². The summed E-state index contributed by atoms with van der Waals surface area (Å²) in [7, 11) is 0. The van der Waals surface area contributed by atoms with Gasteiger partial charge in [0.1, 0.15) is 3.57 Å². The van der Waals surface area contributed by atoms with Crippen molar-refractivity contribution in [1.29, 1.82) is 0 Å². The molecular formula is C12H12IN3O. The lowest BCUT2D eigenvalue weighted by Gasteiger charge is -2.22. The fraction of sp³-hybridized carbons (Fsp3) is 0.167. The van der Waals surface area contributed by atoms with Crippen molar-refractivity contribution in [3.05, 3.63) is 50.6 Å². The first kappa shape index (κ1) is 12.1. The van der Waals surface area contributed by atoms with Gasteiger partial charge < -0.3 is 9.88 Å². The summed E-state index contributed by atoms with van der Waals surface area (Å²) in [5, 5.41) is 0. The molecule has 0 radical (unpaired) electrons. The number of nitrogens with zero attached hydrogens (tertiary/aromatic N) is 2. The minimum Gasteiger partial charge on any atom is -0.326 e. The number of aromatic amines is 1. The zero-order valence-corrected chi connectivity index (χ0v) is 11.5. The highest BCUT2D eigenvalue weighted by molar-refractivity contribution is 14.1. The van der Waals surface area contributed by atoms with Gasteiger partial charge in [-0.1, -0.05) is 18.2 Å². The van der Waals surface area contributed by atoms with E-state index in [0.29, 0.717) is 9.39 Å². The Bertz CT molecular complexity index is 553. The molecule has 1 heterocycles. The van der Waals surface area contributed by atoms with Crippen LogP contribution in [0.5, 0.6) is 0 Å². The molecule has 1 aromatic carbocycles. The SMILES string of the molecule is CCN(c1ccccc1)c1nc[nH]c(=O)c1I. The Balaban J connectivity index is 2.50. The van der Waals surface area contributed by atoms with Gasteiger partial charge in [0.05, 0.1) is 6.33 Å². The molecule has 0 aliphatic carbocycles. The molecule has 0 amide bonds. The second kappa shape index (κ2) is 5.31. The molecule has 0 fully saturated rings. The van der Waals surface area contributed by atoms with Crippen molar-refractivity contribution in [2.24, 2.45) is 0 Å². The minimum absolute atomic E-state index is 0.106. The second-order valence-corrected chi connectivity index (χ2v) is 4.53. The monoisotopic (exact) mass is 341 g/mol. The Hall–Kier alpha value is -1.37. The predicted octanol–water partition coefficient (Wildman–Crippen LogP) is 2.53. The van der Waals surface area contributed by atoms with Crippen LogP contribution >= 0.6 is 22.6 Å². The Morgan fingerprint density at radius 3 is 2.71 bits per heavy atom. The molecule has 0 atom stereocenters. The quantitative estimate of drug-likeness (QED) is 0.873. The molecule has 0 unspecified atom stereocenters. The molecule has 0 saturated heterocycles. The predicted molar refractivity (Wildman–Crippen MR) is 76.7 cm³/mol. The van der Waals surface area contributed by atoms with Crippen LogP contribution in [-0.4, -0.2) is 16.5 Å². The van der Waals surface area contributed by atoms with E-state index in [4.69, 9.17) is 0 Å². The molecule has 2 aromatic rings. The first-order valence-corrected chi connectivity index (χ1v) is 6.37. The van der Waals surface area contributed by atoms with E-state index >= 15 is 0 Å². The molecule has 0 aliphatic rings. The molecule has 4 nitrogen and oxygen atoms in total. The van der Waals surface area contributed by atoms with E-state index in [-0.39, 0.29) is 5.56 Å². The zero-order valence-electron chi connectivity index (χ0n) is 9.35. The number of H-pyrrole nitrogens is 1. The van der Waals surface area contributed by atoms with Crippen LogP contribution in [0.25, 0.3) is 0 Å². The van der Waals surface area contributed by atoms with Crippen LogP contribution in [0, 0.1) is 3.57 Å². The van der Waals surface area contributed by atoms with E-state index < -0.39 is 0 Å². The number of para-hydroxylation sites is 1. The number of rotatable bonds is 3. The van der Waals surface area contributed by atoms with Crippen molar-refractivity contribution in [3.63, 3.8) is 0 Å². The maximum Gasteiger partial charge on any atom is 0.266 e. The van der Waals surface area contributed by atoms with E-state index in [1.54, 1.807) is 0 Å². The van der Waals surface area contributed by atoms with Crippen LogP contribution < -0.4 is 10.5 Å².